The number of carbonyl (C=O) groups excluding carboxylic acids is 2. The quantitative estimate of drug-likeness (QED) is 0.253. The zero-order chi connectivity index (χ0) is 21.2. The fourth-order valence-electron chi connectivity index (χ4n) is 2.57. The van der Waals surface area contributed by atoms with E-state index in [0.717, 1.165) is 0 Å². The molecule has 11 nitrogen and oxygen atoms in total. The molecular formula is C17H25N7O4S. The van der Waals surface area contributed by atoms with Crippen molar-refractivity contribution < 1.29 is 19.5 Å². The van der Waals surface area contributed by atoms with Crippen LogP contribution in [0.2, 0.25) is 0 Å². The van der Waals surface area contributed by atoms with Crippen LogP contribution in [0.4, 0.5) is 0 Å². The predicted octanol–water partition coefficient (Wildman–Crippen LogP) is -0.947. The number of carbonyl (C=O) groups is 3. The van der Waals surface area contributed by atoms with Gasteiger partial charge in [-0.15, -0.1) is 0 Å². The number of thioether (sulfide) groups is 1. The Morgan fingerprint density at radius 3 is 2.10 bits per heavy atom. The van der Waals surface area contributed by atoms with Gasteiger partial charge in [-0.1, -0.05) is 0 Å². The number of nitrogens with zero attached hydrogens (tertiary/aromatic N) is 2. The molecule has 0 aliphatic heterocycles. The molecule has 7 N–H and O–H groups in total. The van der Waals surface area contributed by atoms with Gasteiger partial charge >= 0.3 is 5.97 Å². The van der Waals surface area contributed by atoms with Gasteiger partial charge in [-0.25, -0.2) is 14.8 Å². The maximum absolute atomic E-state index is 12.8. The fraction of sp³-hybridized carbons (Fsp3) is 0.471. The third-order valence-corrected chi connectivity index (χ3v) is 4.82. The summed E-state index contributed by atoms with van der Waals surface area (Å²) >= 11 is 1.56. The van der Waals surface area contributed by atoms with Crippen LogP contribution in [-0.2, 0) is 27.2 Å². The third kappa shape index (κ3) is 7.23. The number of rotatable bonds is 12. The molecule has 2 amide bonds. The Hall–Kier alpha value is -2.86. The number of imidazole rings is 2. The van der Waals surface area contributed by atoms with Gasteiger partial charge in [-0.2, -0.15) is 11.8 Å². The number of nitrogens with two attached hydrogens (primary N) is 1. The minimum Gasteiger partial charge on any atom is -0.480 e. The molecule has 0 saturated heterocycles. The second-order valence-electron chi connectivity index (χ2n) is 6.41. The number of hydrogen-bond donors (Lipinski definition) is 6. The van der Waals surface area contributed by atoms with Crippen LogP contribution in [0, 0.1) is 0 Å². The molecule has 2 heterocycles. The van der Waals surface area contributed by atoms with Crippen molar-refractivity contribution in [3.05, 3.63) is 36.4 Å². The highest BCUT2D eigenvalue weighted by molar-refractivity contribution is 7.98. The standard InChI is InChI=1S/C17H25N7O4S/c1-29-3-2-12(18)15(25)23-13(4-10-6-19-8-21-10)16(26)24-14(17(27)28)5-11-7-20-9-22-11/h6-9,12-14H,2-5,18H2,1H3,(H,19,21)(H,20,22)(H,23,25)(H,24,26)(H,27,28). The van der Waals surface area contributed by atoms with Crippen LogP contribution >= 0.6 is 11.8 Å². The Morgan fingerprint density at radius 1 is 1.07 bits per heavy atom. The van der Waals surface area contributed by atoms with E-state index in [0.29, 0.717) is 23.6 Å². The van der Waals surface area contributed by atoms with Gasteiger partial charge in [0.25, 0.3) is 0 Å². The molecule has 0 spiro atoms. The molecule has 2 rings (SSSR count). The van der Waals surface area contributed by atoms with Crippen LogP contribution in [-0.4, -0.2) is 73.0 Å². The van der Waals surface area contributed by atoms with E-state index in [1.807, 2.05) is 6.26 Å². The van der Waals surface area contributed by atoms with Crippen LogP contribution in [0.1, 0.15) is 17.8 Å². The van der Waals surface area contributed by atoms with Crippen molar-refractivity contribution in [1.29, 1.82) is 0 Å². The first-order valence-electron chi connectivity index (χ1n) is 8.93. The second-order valence-corrected chi connectivity index (χ2v) is 7.40. The lowest BCUT2D eigenvalue weighted by Gasteiger charge is -2.22. The number of aliphatic carboxylic acids is 1. The largest absolute Gasteiger partial charge is 0.480 e. The Labute approximate surface area is 171 Å². The first-order chi connectivity index (χ1) is 13.9. The molecule has 3 unspecified atom stereocenters. The number of hydrogen-bond acceptors (Lipinski definition) is 7. The predicted molar refractivity (Wildman–Crippen MR) is 107 cm³/mol. The summed E-state index contributed by atoms with van der Waals surface area (Å²) in [5, 5.41) is 14.5. The van der Waals surface area contributed by atoms with E-state index in [1.165, 1.54) is 25.0 Å². The second kappa shape index (κ2) is 11.2. The molecule has 2 aromatic heterocycles. The van der Waals surface area contributed by atoms with Gasteiger partial charge in [-0.05, 0) is 18.4 Å². The molecule has 0 radical (unpaired) electrons. The number of carboxylic acids is 1. The van der Waals surface area contributed by atoms with E-state index in [4.69, 9.17) is 5.73 Å². The molecule has 0 bridgehead atoms. The van der Waals surface area contributed by atoms with Crippen LogP contribution in [0.25, 0.3) is 0 Å². The van der Waals surface area contributed by atoms with Gasteiger partial charge in [-0.3, -0.25) is 9.59 Å². The summed E-state index contributed by atoms with van der Waals surface area (Å²) in [4.78, 5) is 50.2. The van der Waals surface area contributed by atoms with Crippen molar-refractivity contribution in [3.8, 4) is 0 Å². The normalized spacial score (nSPS) is 14.0. The molecule has 12 heteroatoms. The monoisotopic (exact) mass is 423 g/mol. The van der Waals surface area contributed by atoms with Crippen molar-refractivity contribution >= 4 is 29.5 Å². The maximum atomic E-state index is 12.8. The highest BCUT2D eigenvalue weighted by atomic mass is 32.2. The third-order valence-electron chi connectivity index (χ3n) is 4.18. The highest BCUT2D eigenvalue weighted by Gasteiger charge is 2.28. The summed E-state index contributed by atoms with van der Waals surface area (Å²) in [7, 11) is 0. The summed E-state index contributed by atoms with van der Waals surface area (Å²) in [5.41, 5.74) is 7.06. The Morgan fingerprint density at radius 2 is 1.62 bits per heavy atom. The molecule has 3 atom stereocenters. The summed E-state index contributed by atoms with van der Waals surface area (Å²) in [5.74, 6) is -1.59. The van der Waals surface area contributed by atoms with Crippen LogP contribution in [0.3, 0.4) is 0 Å². The topological polar surface area (TPSA) is 179 Å². The first kappa shape index (κ1) is 22.4. The van der Waals surface area contributed by atoms with Crippen LogP contribution in [0.5, 0.6) is 0 Å². The molecular weight excluding hydrogens is 398 g/mol. The Balaban J connectivity index is 2.07. The van der Waals surface area contributed by atoms with Crippen molar-refractivity contribution in [1.82, 2.24) is 30.6 Å². The van der Waals surface area contributed by atoms with E-state index < -0.39 is 35.9 Å². The Bertz CT molecular complexity index is 782. The van der Waals surface area contributed by atoms with Crippen molar-refractivity contribution in [2.45, 2.75) is 37.4 Å². The van der Waals surface area contributed by atoms with Gasteiger partial charge in [0.1, 0.15) is 12.1 Å². The lowest BCUT2D eigenvalue weighted by molar-refractivity contribution is -0.142. The van der Waals surface area contributed by atoms with Gasteiger partial charge in [0.15, 0.2) is 0 Å². The zero-order valence-electron chi connectivity index (χ0n) is 15.9. The van der Waals surface area contributed by atoms with Crippen molar-refractivity contribution in [2.75, 3.05) is 12.0 Å². The molecule has 0 fully saturated rings. The lowest BCUT2D eigenvalue weighted by atomic mass is 10.1. The Kier molecular flexibility index (Phi) is 8.68. The molecule has 0 aliphatic rings. The van der Waals surface area contributed by atoms with Gasteiger partial charge < -0.3 is 31.4 Å². The van der Waals surface area contributed by atoms with Gasteiger partial charge in [0, 0.05) is 36.6 Å². The molecule has 0 aliphatic carbocycles. The van der Waals surface area contributed by atoms with Crippen molar-refractivity contribution in [2.24, 2.45) is 5.73 Å². The minimum atomic E-state index is -1.20. The molecule has 0 aromatic carbocycles. The number of aromatic amines is 2. The van der Waals surface area contributed by atoms with Crippen LogP contribution < -0.4 is 16.4 Å². The number of H-pyrrole nitrogens is 2. The van der Waals surface area contributed by atoms with Crippen molar-refractivity contribution in [3.63, 3.8) is 0 Å². The highest BCUT2D eigenvalue weighted by Crippen LogP contribution is 2.05. The van der Waals surface area contributed by atoms with E-state index >= 15 is 0 Å². The summed E-state index contributed by atoms with van der Waals surface area (Å²) in [6.07, 6.45) is 8.40. The van der Waals surface area contributed by atoms with Gasteiger partial charge in [0.2, 0.25) is 11.8 Å². The smallest absolute Gasteiger partial charge is 0.326 e. The molecule has 29 heavy (non-hydrogen) atoms. The average Bonchev–Trinajstić information content (AvgIpc) is 3.38. The summed E-state index contributed by atoms with van der Waals surface area (Å²) in [6.45, 7) is 0. The van der Waals surface area contributed by atoms with E-state index in [1.54, 1.807) is 11.8 Å². The van der Waals surface area contributed by atoms with E-state index in [-0.39, 0.29) is 12.8 Å². The molecule has 158 valence electrons. The fourth-order valence-corrected chi connectivity index (χ4v) is 3.06. The van der Waals surface area contributed by atoms with E-state index in [9.17, 15) is 19.5 Å². The molecule has 2 aromatic rings. The SMILES string of the molecule is CSCCC(N)C(=O)NC(Cc1cnc[nH]1)C(=O)NC(Cc1cnc[nH]1)C(=O)O. The minimum absolute atomic E-state index is 0.0268. The van der Waals surface area contributed by atoms with E-state index in [2.05, 4.69) is 30.6 Å². The summed E-state index contributed by atoms with van der Waals surface area (Å²) < 4.78 is 0. The number of nitrogens with one attached hydrogen (secondary N) is 4. The number of aromatic nitrogens is 4. The lowest BCUT2D eigenvalue weighted by Crippen LogP contribution is -2.55. The number of amides is 2. The van der Waals surface area contributed by atoms with Gasteiger partial charge in [0.05, 0.1) is 18.7 Å². The summed E-state index contributed by atoms with van der Waals surface area (Å²) in [6, 6.07) is -2.96. The number of carboxylic acid groups (broad SMARTS) is 1. The first-order valence-corrected chi connectivity index (χ1v) is 10.3. The molecule has 0 saturated carbocycles. The average molecular weight is 423 g/mol. The van der Waals surface area contributed by atoms with Crippen LogP contribution in [0.15, 0.2) is 25.0 Å². The zero-order valence-corrected chi connectivity index (χ0v) is 16.7. The maximum Gasteiger partial charge on any atom is 0.326 e.